The molecule has 1 atom stereocenters. The lowest BCUT2D eigenvalue weighted by molar-refractivity contribution is 0.0551. The largest absolute Gasteiger partial charge is 0.381 e. The van der Waals surface area contributed by atoms with Crippen LogP contribution in [-0.4, -0.2) is 26.3 Å². The lowest BCUT2D eigenvalue weighted by atomic mass is 10.0. The van der Waals surface area contributed by atoms with Crippen molar-refractivity contribution < 1.29 is 4.74 Å². The number of hydrogen-bond acceptors (Lipinski definition) is 2. The third kappa shape index (κ3) is 10.0. The van der Waals surface area contributed by atoms with Crippen molar-refractivity contribution in [1.82, 2.24) is 5.32 Å². The summed E-state index contributed by atoms with van der Waals surface area (Å²) in [6.45, 7) is 14.3. The van der Waals surface area contributed by atoms with E-state index in [9.17, 15) is 0 Å². The van der Waals surface area contributed by atoms with E-state index in [-0.39, 0.29) is 0 Å². The van der Waals surface area contributed by atoms with Crippen molar-refractivity contribution in [2.24, 2.45) is 5.92 Å². The highest BCUT2D eigenvalue weighted by atomic mass is 16.5. The molecule has 1 heterocycles. The smallest absolute Gasteiger partial charge is 0.0506 e. The summed E-state index contributed by atoms with van der Waals surface area (Å²) in [6, 6.07) is 0. The minimum atomic E-state index is 0.772. The van der Waals surface area contributed by atoms with E-state index in [4.69, 9.17) is 4.74 Å². The van der Waals surface area contributed by atoms with E-state index in [0.717, 1.165) is 32.2 Å². The van der Waals surface area contributed by atoms with Gasteiger partial charge in [0.15, 0.2) is 0 Å². The summed E-state index contributed by atoms with van der Waals surface area (Å²) in [7, 11) is 0. The van der Waals surface area contributed by atoms with Crippen LogP contribution in [0.1, 0.15) is 47.5 Å². The highest BCUT2D eigenvalue weighted by Gasteiger charge is 2.11. The molecular formula is C12H29NO. The Bertz CT molecular complexity index is 80.4. The number of nitrogens with one attached hydrogen (secondary N) is 1. The molecule has 0 saturated carbocycles. The molecule has 1 aliphatic rings. The van der Waals surface area contributed by atoms with Crippen molar-refractivity contribution >= 4 is 0 Å². The first-order chi connectivity index (χ1) is 6.93. The minimum Gasteiger partial charge on any atom is -0.381 e. The Morgan fingerprint density at radius 3 is 2.29 bits per heavy atom. The molecule has 1 unspecified atom stereocenters. The van der Waals surface area contributed by atoms with Gasteiger partial charge >= 0.3 is 0 Å². The number of hydrogen-bond donors (Lipinski definition) is 1. The molecular weight excluding hydrogens is 174 g/mol. The third-order valence-electron chi connectivity index (χ3n) is 1.94. The minimum absolute atomic E-state index is 0.772. The standard InChI is InChI=1S/C8H17NO.2C2H6/c1-2-9-6-8-4-3-5-10-7-8;2*1-2/h8-9H,2-7H2,1H3;2*1-2H3. The zero-order valence-electron chi connectivity index (χ0n) is 10.7. The van der Waals surface area contributed by atoms with E-state index in [1.165, 1.54) is 12.8 Å². The van der Waals surface area contributed by atoms with E-state index in [1.807, 2.05) is 27.7 Å². The molecule has 14 heavy (non-hydrogen) atoms. The van der Waals surface area contributed by atoms with E-state index >= 15 is 0 Å². The van der Waals surface area contributed by atoms with Crippen molar-refractivity contribution in [3.05, 3.63) is 0 Å². The Hall–Kier alpha value is -0.0800. The van der Waals surface area contributed by atoms with Crippen LogP contribution in [0.4, 0.5) is 0 Å². The van der Waals surface area contributed by atoms with Crippen molar-refractivity contribution in [3.8, 4) is 0 Å². The second-order valence-corrected chi connectivity index (χ2v) is 2.89. The Labute approximate surface area is 90.4 Å². The van der Waals surface area contributed by atoms with Gasteiger partial charge in [-0.3, -0.25) is 0 Å². The van der Waals surface area contributed by atoms with Crippen molar-refractivity contribution in [2.45, 2.75) is 47.5 Å². The first kappa shape index (κ1) is 16.4. The van der Waals surface area contributed by atoms with Gasteiger partial charge in [-0.1, -0.05) is 34.6 Å². The number of ether oxygens (including phenoxy) is 1. The summed E-state index contributed by atoms with van der Waals surface area (Å²) in [6.07, 6.45) is 2.59. The fourth-order valence-electron chi connectivity index (χ4n) is 1.32. The second-order valence-electron chi connectivity index (χ2n) is 2.89. The van der Waals surface area contributed by atoms with Crippen LogP contribution >= 0.6 is 0 Å². The highest BCUT2D eigenvalue weighted by molar-refractivity contribution is 4.64. The van der Waals surface area contributed by atoms with Gasteiger partial charge in [-0.25, -0.2) is 0 Å². The maximum absolute atomic E-state index is 5.34. The predicted octanol–water partition coefficient (Wildman–Crippen LogP) is 3.07. The average molecular weight is 203 g/mol. The molecule has 0 spiro atoms. The zero-order valence-corrected chi connectivity index (χ0v) is 10.7. The molecule has 1 aliphatic heterocycles. The quantitative estimate of drug-likeness (QED) is 0.761. The summed E-state index contributed by atoms with van der Waals surface area (Å²) in [5.41, 5.74) is 0. The molecule has 1 rings (SSSR count). The molecule has 0 aromatic rings. The maximum Gasteiger partial charge on any atom is 0.0506 e. The van der Waals surface area contributed by atoms with Crippen LogP contribution < -0.4 is 5.32 Å². The van der Waals surface area contributed by atoms with Gasteiger partial charge in [-0.15, -0.1) is 0 Å². The predicted molar refractivity (Wildman–Crippen MR) is 64.8 cm³/mol. The SMILES string of the molecule is CC.CC.CCNCC1CCCOC1. The molecule has 1 N–H and O–H groups in total. The molecule has 0 amide bonds. The van der Waals surface area contributed by atoms with Crippen LogP contribution in [0.3, 0.4) is 0 Å². The first-order valence-corrected chi connectivity index (χ1v) is 6.22. The molecule has 0 aromatic heterocycles. The van der Waals surface area contributed by atoms with Gasteiger partial charge in [-0.2, -0.15) is 0 Å². The molecule has 0 bridgehead atoms. The summed E-state index contributed by atoms with van der Waals surface area (Å²) in [4.78, 5) is 0. The topological polar surface area (TPSA) is 21.3 Å². The van der Waals surface area contributed by atoms with Crippen LogP contribution in [0, 0.1) is 5.92 Å². The zero-order chi connectivity index (χ0) is 11.2. The maximum atomic E-state index is 5.34. The molecule has 2 heteroatoms. The Morgan fingerprint density at radius 2 is 1.86 bits per heavy atom. The number of rotatable bonds is 3. The van der Waals surface area contributed by atoms with Crippen LogP contribution in [0.25, 0.3) is 0 Å². The highest BCUT2D eigenvalue weighted by Crippen LogP contribution is 2.11. The summed E-state index contributed by atoms with van der Waals surface area (Å²) in [5.74, 6) is 0.772. The lowest BCUT2D eigenvalue weighted by Crippen LogP contribution is -2.28. The van der Waals surface area contributed by atoms with Crippen LogP contribution in [0.2, 0.25) is 0 Å². The molecule has 0 radical (unpaired) electrons. The van der Waals surface area contributed by atoms with E-state index in [0.29, 0.717) is 0 Å². The van der Waals surface area contributed by atoms with Gasteiger partial charge in [-0.05, 0) is 25.3 Å². The summed E-state index contributed by atoms with van der Waals surface area (Å²) in [5, 5.41) is 3.34. The first-order valence-electron chi connectivity index (χ1n) is 6.22. The molecule has 88 valence electrons. The summed E-state index contributed by atoms with van der Waals surface area (Å²) < 4.78 is 5.34. The van der Waals surface area contributed by atoms with E-state index < -0.39 is 0 Å². The Morgan fingerprint density at radius 1 is 1.21 bits per heavy atom. The second kappa shape index (κ2) is 15.4. The van der Waals surface area contributed by atoms with Crippen molar-refractivity contribution in [1.29, 1.82) is 0 Å². The van der Waals surface area contributed by atoms with Gasteiger partial charge in [0, 0.05) is 13.2 Å². The van der Waals surface area contributed by atoms with Gasteiger partial charge in [0.25, 0.3) is 0 Å². The van der Waals surface area contributed by atoms with Crippen molar-refractivity contribution in [2.75, 3.05) is 26.3 Å². The monoisotopic (exact) mass is 203 g/mol. The van der Waals surface area contributed by atoms with Crippen LogP contribution in [-0.2, 0) is 4.74 Å². The Balaban J connectivity index is 0. The average Bonchev–Trinajstić information content (AvgIpc) is 2.33. The normalized spacial score (nSPS) is 19.9. The van der Waals surface area contributed by atoms with Gasteiger partial charge in [0.1, 0.15) is 0 Å². The lowest BCUT2D eigenvalue weighted by Gasteiger charge is -2.21. The molecule has 0 aromatic carbocycles. The van der Waals surface area contributed by atoms with Gasteiger partial charge in [0.2, 0.25) is 0 Å². The molecule has 2 nitrogen and oxygen atoms in total. The van der Waals surface area contributed by atoms with Crippen LogP contribution in [0.5, 0.6) is 0 Å². The van der Waals surface area contributed by atoms with Gasteiger partial charge in [0.05, 0.1) is 6.61 Å². The third-order valence-corrected chi connectivity index (χ3v) is 1.94. The van der Waals surface area contributed by atoms with Crippen LogP contribution in [0.15, 0.2) is 0 Å². The van der Waals surface area contributed by atoms with Gasteiger partial charge < -0.3 is 10.1 Å². The van der Waals surface area contributed by atoms with E-state index in [1.54, 1.807) is 0 Å². The molecule has 0 aliphatic carbocycles. The van der Waals surface area contributed by atoms with Crippen molar-refractivity contribution in [3.63, 3.8) is 0 Å². The Kier molecular flexibility index (Phi) is 18.0. The molecule has 1 saturated heterocycles. The summed E-state index contributed by atoms with van der Waals surface area (Å²) >= 11 is 0. The molecule has 1 fully saturated rings. The van der Waals surface area contributed by atoms with E-state index in [2.05, 4.69) is 12.2 Å². The fraction of sp³-hybridized carbons (Fsp3) is 1.00. The fourth-order valence-corrected chi connectivity index (χ4v) is 1.32.